The molecule has 1 aliphatic heterocycles. The average Bonchev–Trinajstić information content (AvgIpc) is 3.36. The smallest absolute Gasteiger partial charge is 0.132 e. The highest BCUT2D eigenvalue weighted by Gasteiger charge is 2.35. The van der Waals surface area contributed by atoms with Gasteiger partial charge in [-0.15, -0.1) is 0 Å². The van der Waals surface area contributed by atoms with Crippen molar-refractivity contribution < 1.29 is 9.50 Å². The number of halogens is 1. The fraction of sp³-hybridized carbons (Fsp3) is 0.276. The summed E-state index contributed by atoms with van der Waals surface area (Å²) in [4.78, 5) is 2.39. The molecule has 0 saturated carbocycles. The summed E-state index contributed by atoms with van der Waals surface area (Å²) in [5.74, 6) is -0.273. The lowest BCUT2D eigenvalue weighted by atomic mass is 9.86. The third-order valence-electron chi connectivity index (χ3n) is 7.19. The Morgan fingerprint density at radius 2 is 1.59 bits per heavy atom. The molecule has 1 saturated heterocycles. The Labute approximate surface area is 200 Å². The van der Waals surface area contributed by atoms with Gasteiger partial charge in [0, 0.05) is 24.2 Å². The number of H-pyrrole nitrogens is 1. The summed E-state index contributed by atoms with van der Waals surface area (Å²) in [6.07, 6.45) is 4.01. The summed E-state index contributed by atoms with van der Waals surface area (Å²) in [5.41, 5.74) is 5.01. The second-order valence-electron chi connectivity index (χ2n) is 9.18. The van der Waals surface area contributed by atoms with Crippen LogP contribution >= 0.6 is 0 Å². The van der Waals surface area contributed by atoms with E-state index >= 15 is 0 Å². The van der Waals surface area contributed by atoms with Gasteiger partial charge in [-0.05, 0) is 48.1 Å². The lowest BCUT2D eigenvalue weighted by molar-refractivity contribution is -0.0302. The van der Waals surface area contributed by atoms with E-state index in [4.69, 9.17) is 0 Å². The summed E-state index contributed by atoms with van der Waals surface area (Å²) < 4.78 is 14.7. The van der Waals surface area contributed by atoms with Crippen molar-refractivity contribution in [1.29, 1.82) is 0 Å². The Bertz CT molecular complexity index is 1230. The van der Waals surface area contributed by atoms with Crippen molar-refractivity contribution in [3.63, 3.8) is 0 Å². The molecule has 34 heavy (non-hydrogen) atoms. The van der Waals surface area contributed by atoms with Gasteiger partial charge in [0.1, 0.15) is 5.82 Å². The van der Waals surface area contributed by atoms with E-state index in [2.05, 4.69) is 51.5 Å². The molecule has 0 aliphatic carbocycles. The summed E-state index contributed by atoms with van der Waals surface area (Å²) in [7, 11) is 0. The number of aromatic nitrogens is 2. The zero-order chi connectivity index (χ0) is 23.5. The largest absolute Gasteiger partial charge is 0.390 e. The van der Waals surface area contributed by atoms with Gasteiger partial charge in [0.25, 0.3) is 0 Å². The van der Waals surface area contributed by atoms with E-state index in [0.29, 0.717) is 11.3 Å². The molecule has 1 fully saturated rings. The lowest BCUT2D eigenvalue weighted by Crippen LogP contribution is -2.45. The Kier molecular flexibility index (Phi) is 6.31. The van der Waals surface area contributed by atoms with Crippen molar-refractivity contribution in [2.75, 3.05) is 13.1 Å². The monoisotopic (exact) mass is 455 g/mol. The Morgan fingerprint density at radius 1 is 0.941 bits per heavy atom. The number of hydrogen-bond donors (Lipinski definition) is 2. The number of aliphatic hydroxyl groups is 1. The third-order valence-corrected chi connectivity index (χ3v) is 7.19. The second-order valence-corrected chi connectivity index (χ2v) is 9.18. The first kappa shape index (κ1) is 22.5. The molecule has 1 atom stereocenters. The van der Waals surface area contributed by atoms with E-state index < -0.39 is 5.60 Å². The van der Waals surface area contributed by atoms with E-state index in [1.807, 2.05) is 37.4 Å². The molecule has 0 radical (unpaired) electrons. The first-order valence-electron chi connectivity index (χ1n) is 12.0. The lowest BCUT2D eigenvalue weighted by Gasteiger charge is -2.41. The molecule has 5 heteroatoms. The Hall–Kier alpha value is -3.28. The van der Waals surface area contributed by atoms with Gasteiger partial charge in [-0.3, -0.25) is 10.00 Å². The fourth-order valence-electron chi connectivity index (χ4n) is 5.01. The molecule has 1 aliphatic rings. The number of nitrogens with one attached hydrogen (secondary N) is 1. The van der Waals surface area contributed by atoms with Gasteiger partial charge < -0.3 is 5.11 Å². The molecule has 0 bridgehead atoms. The van der Waals surface area contributed by atoms with Crippen LogP contribution in [0, 0.1) is 5.82 Å². The highest BCUT2D eigenvalue weighted by Crippen LogP contribution is 2.39. The Morgan fingerprint density at radius 3 is 2.26 bits per heavy atom. The van der Waals surface area contributed by atoms with Crippen molar-refractivity contribution in [2.24, 2.45) is 0 Å². The van der Waals surface area contributed by atoms with Gasteiger partial charge in [-0.1, -0.05) is 73.7 Å². The molecule has 3 aromatic carbocycles. The molecule has 2 N–H and O–H groups in total. The van der Waals surface area contributed by atoms with Gasteiger partial charge in [0.15, 0.2) is 0 Å². The average molecular weight is 456 g/mol. The van der Waals surface area contributed by atoms with Crippen molar-refractivity contribution in [3.05, 3.63) is 102 Å². The van der Waals surface area contributed by atoms with Crippen LogP contribution in [0.5, 0.6) is 0 Å². The molecule has 4 nitrogen and oxygen atoms in total. The number of aromatic amines is 1. The number of likely N-dealkylation sites (tertiary alicyclic amines) is 1. The predicted octanol–water partition coefficient (Wildman–Crippen LogP) is 6.21. The minimum Gasteiger partial charge on any atom is -0.390 e. The van der Waals surface area contributed by atoms with E-state index in [9.17, 15) is 9.50 Å². The molecule has 174 valence electrons. The summed E-state index contributed by atoms with van der Waals surface area (Å²) in [6.45, 7) is 3.57. The molecule has 0 spiro atoms. The second kappa shape index (κ2) is 9.53. The first-order chi connectivity index (χ1) is 16.6. The fourth-order valence-corrected chi connectivity index (χ4v) is 5.01. The minimum absolute atomic E-state index is 0.0976. The minimum atomic E-state index is -0.608. The van der Waals surface area contributed by atoms with Crippen LogP contribution in [-0.4, -0.2) is 38.9 Å². The highest BCUT2D eigenvalue weighted by atomic mass is 19.1. The zero-order valence-electron chi connectivity index (χ0n) is 19.4. The van der Waals surface area contributed by atoms with E-state index in [0.717, 1.165) is 49.0 Å². The number of nitrogens with zero attached hydrogens (tertiary/aromatic N) is 2. The quantitative estimate of drug-likeness (QED) is 0.363. The maximum atomic E-state index is 14.7. The van der Waals surface area contributed by atoms with Gasteiger partial charge in [-0.25, -0.2) is 4.39 Å². The van der Waals surface area contributed by atoms with Crippen LogP contribution in [-0.2, 0) is 0 Å². The van der Waals surface area contributed by atoms with Crippen LogP contribution in [0.1, 0.15) is 43.4 Å². The zero-order valence-corrected chi connectivity index (χ0v) is 19.4. The molecule has 5 rings (SSSR count). The maximum Gasteiger partial charge on any atom is 0.132 e. The number of benzene rings is 3. The van der Waals surface area contributed by atoms with Crippen LogP contribution in [0.3, 0.4) is 0 Å². The van der Waals surface area contributed by atoms with Crippen LogP contribution in [0.15, 0.2) is 85.1 Å². The molecule has 2 heterocycles. The predicted molar refractivity (Wildman–Crippen MR) is 134 cm³/mol. The molecule has 1 unspecified atom stereocenters. The number of hydrogen-bond acceptors (Lipinski definition) is 3. The van der Waals surface area contributed by atoms with Crippen molar-refractivity contribution in [1.82, 2.24) is 15.1 Å². The maximum absolute atomic E-state index is 14.7. The van der Waals surface area contributed by atoms with Gasteiger partial charge in [0.05, 0.1) is 23.5 Å². The molecule has 0 amide bonds. The van der Waals surface area contributed by atoms with Gasteiger partial charge in [0.2, 0.25) is 0 Å². The Balaban J connectivity index is 1.55. The van der Waals surface area contributed by atoms with Crippen molar-refractivity contribution >= 4 is 0 Å². The molecular weight excluding hydrogens is 425 g/mol. The van der Waals surface area contributed by atoms with Crippen LogP contribution in [0.2, 0.25) is 0 Å². The van der Waals surface area contributed by atoms with Gasteiger partial charge >= 0.3 is 0 Å². The topological polar surface area (TPSA) is 52.1 Å². The van der Waals surface area contributed by atoms with E-state index in [1.54, 1.807) is 12.1 Å². The van der Waals surface area contributed by atoms with Crippen molar-refractivity contribution in [3.8, 4) is 22.4 Å². The number of piperidine rings is 1. The van der Waals surface area contributed by atoms with Crippen LogP contribution < -0.4 is 0 Å². The molecule has 1 aromatic heterocycles. The standard InChI is InChI=1S/C29H30FN3O/c1-2-29(34)16-18-33(19-17-29)28(23-14-12-22(13-15-23)21-8-4-3-5-9-21)25-20-31-32-27(25)24-10-6-7-11-26(24)30/h3-15,20,28,34H,2,16-19H2,1H3,(H,31,32). The van der Waals surface area contributed by atoms with Crippen LogP contribution in [0.4, 0.5) is 4.39 Å². The first-order valence-corrected chi connectivity index (χ1v) is 12.0. The highest BCUT2D eigenvalue weighted by molar-refractivity contribution is 5.66. The van der Waals surface area contributed by atoms with Crippen LogP contribution in [0.25, 0.3) is 22.4 Å². The van der Waals surface area contributed by atoms with E-state index in [1.165, 1.54) is 11.6 Å². The van der Waals surface area contributed by atoms with Crippen molar-refractivity contribution in [2.45, 2.75) is 37.8 Å². The summed E-state index contributed by atoms with van der Waals surface area (Å²) in [5, 5.41) is 18.2. The SMILES string of the molecule is CCC1(O)CCN(C(c2ccc(-c3ccccc3)cc2)c2cn[nH]c2-c2ccccc2F)CC1. The molecule has 4 aromatic rings. The van der Waals surface area contributed by atoms with Gasteiger partial charge in [-0.2, -0.15) is 5.10 Å². The van der Waals surface area contributed by atoms with E-state index in [-0.39, 0.29) is 11.9 Å². The third kappa shape index (κ3) is 4.41. The number of rotatable bonds is 6. The summed E-state index contributed by atoms with van der Waals surface area (Å²) in [6, 6.07) is 25.6. The summed E-state index contributed by atoms with van der Waals surface area (Å²) >= 11 is 0. The molecular formula is C29H30FN3O. The normalized spacial score (nSPS) is 16.9.